The van der Waals surface area contributed by atoms with E-state index in [0.29, 0.717) is 0 Å². The minimum atomic E-state index is 0.967. The van der Waals surface area contributed by atoms with Crippen molar-refractivity contribution in [3.63, 3.8) is 0 Å². The monoisotopic (exact) mass is 243 g/mol. The highest BCUT2D eigenvalue weighted by Crippen LogP contribution is 2.47. The van der Waals surface area contributed by atoms with Gasteiger partial charge in [-0.15, -0.1) is 0 Å². The van der Waals surface area contributed by atoms with Gasteiger partial charge in [0.1, 0.15) is 0 Å². The van der Waals surface area contributed by atoms with Gasteiger partial charge < -0.3 is 5.32 Å². The van der Waals surface area contributed by atoms with Crippen LogP contribution in [0.2, 0.25) is 0 Å². The lowest BCUT2D eigenvalue weighted by Gasteiger charge is -2.22. The summed E-state index contributed by atoms with van der Waals surface area (Å²) in [6, 6.07) is 6.79. The van der Waals surface area contributed by atoms with Gasteiger partial charge in [-0.05, 0) is 68.5 Å². The highest BCUT2D eigenvalue weighted by molar-refractivity contribution is 5.30. The van der Waals surface area contributed by atoms with Crippen LogP contribution in [0.25, 0.3) is 0 Å². The van der Waals surface area contributed by atoms with Gasteiger partial charge in [-0.2, -0.15) is 0 Å². The van der Waals surface area contributed by atoms with E-state index in [1.54, 1.807) is 0 Å². The molecule has 0 radical (unpaired) electrons. The Labute approximate surface area is 111 Å². The highest BCUT2D eigenvalue weighted by atomic mass is 14.9. The lowest BCUT2D eigenvalue weighted by atomic mass is 9.89. The number of hydrogen-bond donors (Lipinski definition) is 1. The maximum Gasteiger partial charge on any atom is 0.0208 e. The van der Waals surface area contributed by atoms with Gasteiger partial charge in [0.2, 0.25) is 0 Å². The van der Waals surface area contributed by atoms with E-state index in [1.165, 1.54) is 48.9 Å². The topological polar surface area (TPSA) is 12.0 Å². The zero-order valence-corrected chi connectivity index (χ0v) is 11.7. The molecule has 0 heterocycles. The van der Waals surface area contributed by atoms with Gasteiger partial charge in [-0.1, -0.05) is 30.2 Å². The molecule has 2 aliphatic rings. The first kappa shape index (κ1) is 12.2. The summed E-state index contributed by atoms with van der Waals surface area (Å²) in [5, 5.41) is 3.69. The Hall–Kier alpha value is -0.820. The quantitative estimate of drug-likeness (QED) is 0.847. The molecule has 2 saturated carbocycles. The fraction of sp³-hybridized carbons (Fsp3) is 0.647. The number of benzene rings is 1. The summed E-state index contributed by atoms with van der Waals surface area (Å²) in [7, 11) is 0. The summed E-state index contributed by atoms with van der Waals surface area (Å²) in [6.45, 7) is 6.66. The second kappa shape index (κ2) is 5.05. The largest absolute Gasteiger partial charge is 0.312 e. The van der Waals surface area contributed by atoms with E-state index in [-0.39, 0.29) is 0 Å². The van der Waals surface area contributed by atoms with Gasteiger partial charge in [0.25, 0.3) is 0 Å². The van der Waals surface area contributed by atoms with Gasteiger partial charge in [-0.25, -0.2) is 0 Å². The Morgan fingerprint density at radius 1 is 1.17 bits per heavy atom. The third-order valence-corrected chi connectivity index (χ3v) is 5.10. The first-order valence-electron chi connectivity index (χ1n) is 7.49. The number of nitrogens with one attached hydrogen (secondary N) is 1. The van der Waals surface area contributed by atoms with Crippen LogP contribution in [0.1, 0.15) is 42.4 Å². The molecule has 1 N–H and O–H groups in total. The van der Waals surface area contributed by atoms with Crippen LogP contribution in [0.15, 0.2) is 18.2 Å². The van der Waals surface area contributed by atoms with Crippen LogP contribution in [-0.4, -0.2) is 6.54 Å². The summed E-state index contributed by atoms with van der Waals surface area (Å²) in [6.07, 6.45) is 6.03. The minimum Gasteiger partial charge on any atom is -0.312 e. The molecule has 1 heteroatoms. The summed E-state index contributed by atoms with van der Waals surface area (Å²) in [4.78, 5) is 0. The molecule has 0 saturated heterocycles. The van der Waals surface area contributed by atoms with Crippen molar-refractivity contribution in [1.29, 1.82) is 0 Å². The average Bonchev–Trinajstić information content (AvgIpc) is 2.94. The molecule has 3 unspecified atom stereocenters. The van der Waals surface area contributed by atoms with Crippen molar-refractivity contribution in [2.75, 3.05) is 6.54 Å². The van der Waals surface area contributed by atoms with Crippen molar-refractivity contribution in [2.24, 2.45) is 17.8 Å². The van der Waals surface area contributed by atoms with Crippen LogP contribution in [0.5, 0.6) is 0 Å². The molecule has 2 fully saturated rings. The number of rotatable bonds is 4. The Kier molecular flexibility index (Phi) is 3.43. The fourth-order valence-electron chi connectivity index (χ4n) is 4.06. The van der Waals surface area contributed by atoms with Crippen LogP contribution < -0.4 is 5.32 Å². The Balaban J connectivity index is 1.50. The molecule has 1 aromatic carbocycles. The molecular formula is C17H25N. The molecule has 0 amide bonds. The highest BCUT2D eigenvalue weighted by Gasteiger charge is 2.38. The van der Waals surface area contributed by atoms with E-state index in [0.717, 1.165) is 24.3 Å². The molecule has 3 rings (SSSR count). The lowest BCUT2D eigenvalue weighted by Crippen LogP contribution is -2.26. The molecule has 0 aliphatic heterocycles. The molecule has 0 spiro atoms. The summed E-state index contributed by atoms with van der Waals surface area (Å²) in [5.41, 5.74) is 4.25. The molecule has 0 aromatic heterocycles. The van der Waals surface area contributed by atoms with Crippen LogP contribution in [-0.2, 0) is 6.54 Å². The average molecular weight is 243 g/mol. The minimum absolute atomic E-state index is 0.967. The van der Waals surface area contributed by atoms with E-state index >= 15 is 0 Å². The molecule has 98 valence electrons. The first-order valence-corrected chi connectivity index (χ1v) is 7.49. The van der Waals surface area contributed by atoms with Crippen molar-refractivity contribution in [1.82, 2.24) is 5.32 Å². The third-order valence-electron chi connectivity index (χ3n) is 5.10. The van der Waals surface area contributed by atoms with Gasteiger partial charge in [0, 0.05) is 6.54 Å². The summed E-state index contributed by atoms with van der Waals surface area (Å²) < 4.78 is 0. The van der Waals surface area contributed by atoms with E-state index in [4.69, 9.17) is 0 Å². The van der Waals surface area contributed by atoms with Gasteiger partial charge >= 0.3 is 0 Å². The maximum absolute atomic E-state index is 3.69. The zero-order valence-electron chi connectivity index (χ0n) is 11.7. The number of hydrogen-bond acceptors (Lipinski definition) is 1. The Bertz CT molecular complexity index is 424. The van der Waals surface area contributed by atoms with E-state index in [1.807, 2.05) is 0 Å². The Morgan fingerprint density at radius 2 is 2.06 bits per heavy atom. The lowest BCUT2D eigenvalue weighted by molar-refractivity contribution is 0.318. The smallest absolute Gasteiger partial charge is 0.0208 e. The van der Waals surface area contributed by atoms with Crippen molar-refractivity contribution in [3.8, 4) is 0 Å². The first-order chi connectivity index (χ1) is 8.72. The van der Waals surface area contributed by atoms with Crippen LogP contribution in [0, 0.1) is 31.6 Å². The zero-order chi connectivity index (χ0) is 12.5. The van der Waals surface area contributed by atoms with Crippen molar-refractivity contribution in [2.45, 2.75) is 46.1 Å². The number of aryl methyl sites for hydroxylation is 2. The van der Waals surface area contributed by atoms with Gasteiger partial charge in [0.15, 0.2) is 0 Å². The standard InChI is InChI=1S/C17H25N/c1-12-3-5-16(13(2)7-12)10-18-11-17-9-14-4-6-15(17)8-14/h3,5,7,14-15,17-18H,4,6,8-11H2,1-2H3. The van der Waals surface area contributed by atoms with Gasteiger partial charge in [-0.3, -0.25) is 0 Å². The van der Waals surface area contributed by atoms with Crippen LogP contribution in [0.4, 0.5) is 0 Å². The molecule has 18 heavy (non-hydrogen) atoms. The fourth-order valence-corrected chi connectivity index (χ4v) is 4.06. The van der Waals surface area contributed by atoms with Crippen LogP contribution in [0.3, 0.4) is 0 Å². The molecule has 2 bridgehead atoms. The summed E-state index contributed by atoms with van der Waals surface area (Å²) >= 11 is 0. The predicted molar refractivity (Wildman–Crippen MR) is 76.6 cm³/mol. The molecule has 1 nitrogen and oxygen atoms in total. The van der Waals surface area contributed by atoms with E-state index in [2.05, 4.69) is 37.4 Å². The van der Waals surface area contributed by atoms with E-state index < -0.39 is 0 Å². The second-order valence-electron chi connectivity index (χ2n) is 6.50. The normalized spacial score (nSPS) is 30.0. The summed E-state index contributed by atoms with van der Waals surface area (Å²) in [5.74, 6) is 3.08. The molecule has 2 aliphatic carbocycles. The second-order valence-corrected chi connectivity index (χ2v) is 6.50. The van der Waals surface area contributed by atoms with E-state index in [9.17, 15) is 0 Å². The van der Waals surface area contributed by atoms with Crippen LogP contribution >= 0.6 is 0 Å². The van der Waals surface area contributed by atoms with Gasteiger partial charge in [0.05, 0.1) is 0 Å². The SMILES string of the molecule is Cc1ccc(CNCC2CC3CCC2C3)c(C)c1. The number of fused-ring (bicyclic) bond motifs is 2. The van der Waals surface area contributed by atoms with Crippen molar-refractivity contribution < 1.29 is 0 Å². The third kappa shape index (κ3) is 2.47. The van der Waals surface area contributed by atoms with Crippen molar-refractivity contribution in [3.05, 3.63) is 34.9 Å². The predicted octanol–water partition coefficient (Wildman–Crippen LogP) is 3.83. The molecule has 3 atom stereocenters. The molecular weight excluding hydrogens is 218 g/mol. The Morgan fingerprint density at radius 3 is 2.72 bits per heavy atom. The maximum atomic E-state index is 3.69. The van der Waals surface area contributed by atoms with Crippen molar-refractivity contribution >= 4 is 0 Å². The molecule has 1 aromatic rings.